The predicted molar refractivity (Wildman–Crippen MR) is 107 cm³/mol. The minimum Gasteiger partial charge on any atom is -0.440 e. The SMILES string of the molecule is Cc1oc(-c2cccs2)nc1CC(=O)N(C)C(C)c1cccc(S(N)(=O)=O)c1. The molecule has 1 atom stereocenters. The second-order valence-electron chi connectivity index (χ2n) is 6.47. The number of amides is 1. The van der Waals surface area contributed by atoms with E-state index >= 15 is 0 Å². The van der Waals surface area contributed by atoms with Crippen LogP contribution in [0.1, 0.15) is 30.0 Å². The van der Waals surface area contributed by atoms with E-state index in [1.165, 1.54) is 23.5 Å². The molecule has 1 aromatic carbocycles. The van der Waals surface area contributed by atoms with Crippen LogP contribution >= 0.6 is 11.3 Å². The summed E-state index contributed by atoms with van der Waals surface area (Å²) in [6, 6.07) is 9.78. The van der Waals surface area contributed by atoms with Gasteiger partial charge in [0.15, 0.2) is 0 Å². The zero-order valence-corrected chi connectivity index (χ0v) is 17.4. The Kier molecular flexibility index (Phi) is 5.69. The van der Waals surface area contributed by atoms with E-state index in [0.717, 1.165) is 4.88 Å². The lowest BCUT2D eigenvalue weighted by atomic mass is 10.1. The Morgan fingerprint density at radius 2 is 2.07 bits per heavy atom. The molecule has 0 aliphatic carbocycles. The van der Waals surface area contributed by atoms with Crippen LogP contribution in [0.4, 0.5) is 0 Å². The molecular formula is C19H21N3O4S2. The van der Waals surface area contributed by atoms with Crippen LogP contribution in [0.3, 0.4) is 0 Å². The fourth-order valence-corrected chi connectivity index (χ4v) is 3.97. The van der Waals surface area contributed by atoms with E-state index in [9.17, 15) is 13.2 Å². The Morgan fingerprint density at radius 1 is 1.32 bits per heavy atom. The van der Waals surface area contributed by atoms with Gasteiger partial charge in [0.25, 0.3) is 0 Å². The second-order valence-corrected chi connectivity index (χ2v) is 8.98. The van der Waals surface area contributed by atoms with Crippen molar-refractivity contribution in [3.8, 4) is 10.8 Å². The standard InChI is InChI=1S/C19H21N3O4S2/c1-12(14-6-4-7-15(10-14)28(20,24)25)22(3)18(23)11-16-13(2)26-19(21-16)17-8-5-9-27-17/h4-10,12H,11H2,1-3H3,(H2,20,24,25). The number of primary sulfonamides is 1. The van der Waals surface area contributed by atoms with Gasteiger partial charge in [-0.25, -0.2) is 18.5 Å². The van der Waals surface area contributed by atoms with Gasteiger partial charge in [-0.3, -0.25) is 4.79 Å². The van der Waals surface area contributed by atoms with E-state index in [1.807, 2.05) is 24.4 Å². The fourth-order valence-electron chi connectivity index (χ4n) is 2.76. The maximum atomic E-state index is 12.8. The topological polar surface area (TPSA) is 106 Å². The lowest BCUT2D eigenvalue weighted by Crippen LogP contribution is -2.31. The van der Waals surface area contributed by atoms with Crippen LogP contribution in [0, 0.1) is 6.92 Å². The molecule has 0 aliphatic heterocycles. The van der Waals surface area contributed by atoms with Crippen molar-refractivity contribution >= 4 is 27.3 Å². The summed E-state index contributed by atoms with van der Waals surface area (Å²) in [6.07, 6.45) is 0.0937. The first kappa shape index (κ1) is 20.2. The molecule has 0 spiro atoms. The van der Waals surface area contributed by atoms with E-state index in [1.54, 1.807) is 31.0 Å². The maximum absolute atomic E-state index is 12.8. The molecule has 28 heavy (non-hydrogen) atoms. The molecule has 148 valence electrons. The molecule has 0 aliphatic rings. The summed E-state index contributed by atoms with van der Waals surface area (Å²) in [6.45, 7) is 3.61. The van der Waals surface area contributed by atoms with Gasteiger partial charge in [-0.1, -0.05) is 18.2 Å². The Morgan fingerprint density at radius 3 is 2.71 bits per heavy atom. The van der Waals surface area contributed by atoms with E-state index in [4.69, 9.17) is 9.56 Å². The Bertz CT molecular complexity index is 1090. The molecule has 3 aromatic rings. The third-order valence-electron chi connectivity index (χ3n) is 4.59. The van der Waals surface area contributed by atoms with Gasteiger partial charge in [0.2, 0.25) is 21.8 Å². The average molecular weight is 420 g/mol. The first-order valence-electron chi connectivity index (χ1n) is 8.55. The number of hydrogen-bond acceptors (Lipinski definition) is 6. The first-order valence-corrected chi connectivity index (χ1v) is 11.0. The molecule has 9 heteroatoms. The molecule has 0 radical (unpaired) electrons. The molecule has 0 saturated heterocycles. The van der Waals surface area contributed by atoms with Crippen molar-refractivity contribution in [3.63, 3.8) is 0 Å². The van der Waals surface area contributed by atoms with E-state index < -0.39 is 10.0 Å². The number of benzene rings is 1. The zero-order chi connectivity index (χ0) is 20.5. The highest BCUT2D eigenvalue weighted by atomic mass is 32.2. The number of carbonyl (C=O) groups is 1. The molecule has 3 rings (SSSR count). The number of thiophene rings is 1. The van der Waals surface area contributed by atoms with Crippen molar-refractivity contribution < 1.29 is 17.6 Å². The maximum Gasteiger partial charge on any atom is 0.238 e. The molecule has 7 nitrogen and oxygen atoms in total. The molecular weight excluding hydrogens is 398 g/mol. The van der Waals surface area contributed by atoms with Crippen LogP contribution in [-0.4, -0.2) is 31.3 Å². The van der Waals surface area contributed by atoms with Gasteiger partial charge in [0.1, 0.15) is 5.76 Å². The first-order chi connectivity index (χ1) is 13.2. The number of aromatic nitrogens is 1. The van der Waals surface area contributed by atoms with Crippen LogP contribution < -0.4 is 5.14 Å². The van der Waals surface area contributed by atoms with Crippen molar-refractivity contribution in [3.05, 3.63) is 58.8 Å². The number of hydrogen-bond donors (Lipinski definition) is 1. The Hall–Kier alpha value is -2.49. The lowest BCUT2D eigenvalue weighted by molar-refractivity contribution is -0.131. The highest BCUT2D eigenvalue weighted by Crippen LogP contribution is 2.27. The zero-order valence-electron chi connectivity index (χ0n) is 15.7. The second kappa shape index (κ2) is 7.86. The number of likely N-dealkylation sites (N-methyl/N-ethyl adjacent to an activating group) is 1. The van der Waals surface area contributed by atoms with Crippen LogP contribution in [0.15, 0.2) is 51.1 Å². The van der Waals surface area contributed by atoms with Gasteiger partial charge >= 0.3 is 0 Å². The monoisotopic (exact) mass is 419 g/mol. The minimum absolute atomic E-state index is 0.0191. The highest BCUT2D eigenvalue weighted by Gasteiger charge is 2.22. The van der Waals surface area contributed by atoms with E-state index in [-0.39, 0.29) is 23.3 Å². The smallest absolute Gasteiger partial charge is 0.238 e. The number of nitrogens with two attached hydrogens (primary N) is 1. The fraction of sp³-hybridized carbons (Fsp3) is 0.263. The molecule has 1 unspecified atom stereocenters. The number of nitrogens with zero attached hydrogens (tertiary/aromatic N) is 2. The number of sulfonamides is 1. The molecule has 2 heterocycles. The number of carbonyl (C=O) groups excluding carboxylic acids is 1. The molecule has 0 saturated carbocycles. The van der Waals surface area contributed by atoms with Crippen molar-refractivity contribution in [2.75, 3.05) is 7.05 Å². The molecule has 2 aromatic heterocycles. The van der Waals surface area contributed by atoms with Crippen molar-refractivity contribution in [2.24, 2.45) is 5.14 Å². The number of rotatable bonds is 6. The van der Waals surface area contributed by atoms with Gasteiger partial charge in [-0.15, -0.1) is 11.3 Å². The summed E-state index contributed by atoms with van der Waals surface area (Å²) >= 11 is 1.52. The summed E-state index contributed by atoms with van der Waals surface area (Å²) in [5, 5.41) is 7.13. The summed E-state index contributed by atoms with van der Waals surface area (Å²) < 4.78 is 28.8. The third kappa shape index (κ3) is 4.32. The summed E-state index contributed by atoms with van der Waals surface area (Å²) in [5.41, 5.74) is 1.27. The predicted octanol–water partition coefficient (Wildman–Crippen LogP) is 3.12. The number of aryl methyl sites for hydroxylation is 1. The highest BCUT2D eigenvalue weighted by molar-refractivity contribution is 7.89. The Balaban J connectivity index is 1.76. The van der Waals surface area contributed by atoms with Crippen molar-refractivity contribution in [2.45, 2.75) is 31.2 Å². The quantitative estimate of drug-likeness (QED) is 0.661. The van der Waals surface area contributed by atoms with E-state index in [0.29, 0.717) is 22.9 Å². The third-order valence-corrected chi connectivity index (χ3v) is 6.36. The summed E-state index contributed by atoms with van der Waals surface area (Å²) in [4.78, 5) is 19.7. The summed E-state index contributed by atoms with van der Waals surface area (Å²) in [7, 11) is -2.13. The number of oxazole rings is 1. The Labute approximate surface area is 167 Å². The van der Waals surface area contributed by atoms with Crippen LogP contribution in [0.2, 0.25) is 0 Å². The van der Waals surface area contributed by atoms with Gasteiger partial charge in [0.05, 0.1) is 27.9 Å². The molecule has 0 bridgehead atoms. The minimum atomic E-state index is -3.80. The molecule has 1 amide bonds. The van der Waals surface area contributed by atoms with Crippen LogP contribution in [-0.2, 0) is 21.2 Å². The van der Waals surface area contributed by atoms with Crippen LogP contribution in [0.5, 0.6) is 0 Å². The van der Waals surface area contributed by atoms with Gasteiger partial charge in [-0.05, 0) is 43.0 Å². The van der Waals surface area contributed by atoms with E-state index in [2.05, 4.69) is 4.98 Å². The van der Waals surface area contributed by atoms with Crippen LogP contribution in [0.25, 0.3) is 10.8 Å². The normalized spacial score (nSPS) is 12.7. The summed E-state index contributed by atoms with van der Waals surface area (Å²) in [5.74, 6) is 0.962. The van der Waals surface area contributed by atoms with Crippen molar-refractivity contribution in [1.29, 1.82) is 0 Å². The lowest BCUT2D eigenvalue weighted by Gasteiger charge is -2.25. The van der Waals surface area contributed by atoms with Gasteiger partial charge < -0.3 is 9.32 Å². The van der Waals surface area contributed by atoms with Gasteiger partial charge in [-0.2, -0.15) is 0 Å². The van der Waals surface area contributed by atoms with Crippen molar-refractivity contribution in [1.82, 2.24) is 9.88 Å². The average Bonchev–Trinajstić information content (AvgIpc) is 3.30. The molecule has 2 N–H and O–H groups in total. The van der Waals surface area contributed by atoms with Gasteiger partial charge in [0, 0.05) is 7.05 Å². The largest absolute Gasteiger partial charge is 0.440 e. The molecule has 0 fully saturated rings.